The van der Waals surface area contributed by atoms with Gasteiger partial charge < -0.3 is 10.3 Å². The lowest BCUT2D eigenvalue weighted by atomic mass is 9.81. The summed E-state index contributed by atoms with van der Waals surface area (Å²) in [5.41, 5.74) is 9.23. The van der Waals surface area contributed by atoms with Crippen molar-refractivity contribution in [3.8, 4) is 6.07 Å². The van der Waals surface area contributed by atoms with Crippen LogP contribution in [-0.2, 0) is 0 Å². The number of nitrogen functional groups attached to an aromatic ring is 1. The van der Waals surface area contributed by atoms with Crippen molar-refractivity contribution in [2.24, 2.45) is 0 Å². The molecule has 2 aromatic carbocycles. The number of aryl methyl sites for hydroxylation is 1. The van der Waals surface area contributed by atoms with Crippen LogP contribution >= 0.6 is 22.9 Å². The molecule has 0 aliphatic heterocycles. The van der Waals surface area contributed by atoms with E-state index in [9.17, 15) is 5.26 Å². The number of nitriles is 1. The molecule has 0 bridgehead atoms. The lowest BCUT2D eigenvalue weighted by Crippen LogP contribution is -2.13. The summed E-state index contributed by atoms with van der Waals surface area (Å²) >= 11 is 7.57. The highest BCUT2D eigenvalue weighted by Gasteiger charge is 2.34. The molecular formula is C20H15ClN4OS. The molecule has 2 unspecified atom stereocenters. The number of benzene rings is 2. The van der Waals surface area contributed by atoms with E-state index in [0.717, 1.165) is 20.8 Å². The number of halogens is 1. The summed E-state index contributed by atoms with van der Waals surface area (Å²) in [4.78, 5) is 4.70. The summed E-state index contributed by atoms with van der Waals surface area (Å²) < 4.78 is 6.23. The number of aromatic nitrogens is 2. The second-order valence-corrected chi connectivity index (χ2v) is 7.70. The minimum Gasteiger partial charge on any atom is -0.367 e. The maximum absolute atomic E-state index is 10.1. The minimum absolute atomic E-state index is 0.216. The molecule has 0 radical (unpaired) electrons. The van der Waals surface area contributed by atoms with E-state index in [2.05, 4.69) is 11.2 Å². The molecular weight excluding hydrogens is 380 g/mol. The monoisotopic (exact) mass is 394 g/mol. The zero-order valence-electron chi connectivity index (χ0n) is 14.4. The summed E-state index contributed by atoms with van der Waals surface area (Å²) in [6, 6.07) is 17.7. The van der Waals surface area contributed by atoms with E-state index < -0.39 is 5.92 Å². The largest absolute Gasteiger partial charge is 0.367 e. The number of nitrogens with zero attached hydrogens (tertiary/aromatic N) is 3. The van der Waals surface area contributed by atoms with E-state index in [1.165, 1.54) is 11.3 Å². The third-order valence-electron chi connectivity index (χ3n) is 4.53. The van der Waals surface area contributed by atoms with Gasteiger partial charge in [0.2, 0.25) is 5.88 Å². The molecule has 2 aromatic heterocycles. The van der Waals surface area contributed by atoms with E-state index in [-0.39, 0.29) is 11.8 Å². The van der Waals surface area contributed by atoms with Gasteiger partial charge in [-0.15, -0.1) is 11.3 Å². The van der Waals surface area contributed by atoms with E-state index in [1.807, 2.05) is 43.3 Å². The van der Waals surface area contributed by atoms with Crippen molar-refractivity contribution < 1.29 is 4.52 Å². The summed E-state index contributed by atoms with van der Waals surface area (Å²) in [5, 5.41) is 15.4. The van der Waals surface area contributed by atoms with Crippen LogP contribution in [0, 0.1) is 18.3 Å². The van der Waals surface area contributed by atoms with Crippen LogP contribution in [-0.4, -0.2) is 10.1 Å². The summed E-state index contributed by atoms with van der Waals surface area (Å²) in [5.74, 6) is -0.683. The molecule has 4 rings (SSSR count). The van der Waals surface area contributed by atoms with Crippen molar-refractivity contribution in [1.82, 2.24) is 10.1 Å². The van der Waals surface area contributed by atoms with Gasteiger partial charge in [0.25, 0.3) is 0 Å². The molecule has 5 nitrogen and oxygen atoms in total. The van der Waals surface area contributed by atoms with Gasteiger partial charge in [-0.1, -0.05) is 41.0 Å². The zero-order valence-corrected chi connectivity index (χ0v) is 16.0. The molecule has 0 fully saturated rings. The van der Waals surface area contributed by atoms with Gasteiger partial charge in [-0.05, 0) is 36.8 Å². The molecule has 0 aliphatic carbocycles. The highest BCUT2D eigenvalue weighted by Crippen LogP contribution is 2.44. The van der Waals surface area contributed by atoms with Crippen LogP contribution in [0.4, 0.5) is 5.88 Å². The average molecular weight is 395 g/mol. The third kappa shape index (κ3) is 3.16. The Bertz CT molecular complexity index is 1090. The zero-order chi connectivity index (χ0) is 19.0. The number of para-hydroxylation sites is 1. The molecule has 27 heavy (non-hydrogen) atoms. The number of anilines is 1. The molecule has 2 heterocycles. The van der Waals surface area contributed by atoms with E-state index in [0.29, 0.717) is 16.3 Å². The quantitative estimate of drug-likeness (QED) is 0.509. The highest BCUT2D eigenvalue weighted by molar-refractivity contribution is 7.18. The average Bonchev–Trinajstić information content (AvgIpc) is 3.24. The Morgan fingerprint density at radius 1 is 1.19 bits per heavy atom. The number of fused-ring (bicyclic) bond motifs is 1. The van der Waals surface area contributed by atoms with Gasteiger partial charge in [-0.3, -0.25) is 0 Å². The first kappa shape index (κ1) is 17.5. The number of hydrogen-bond acceptors (Lipinski definition) is 6. The van der Waals surface area contributed by atoms with E-state index >= 15 is 0 Å². The first-order valence-corrected chi connectivity index (χ1v) is 9.50. The fraction of sp³-hybridized carbons (Fsp3) is 0.150. The highest BCUT2D eigenvalue weighted by atomic mass is 35.5. The van der Waals surface area contributed by atoms with E-state index in [1.54, 1.807) is 12.1 Å². The fourth-order valence-electron chi connectivity index (χ4n) is 3.26. The van der Waals surface area contributed by atoms with Gasteiger partial charge in [0, 0.05) is 16.5 Å². The van der Waals surface area contributed by atoms with Gasteiger partial charge in [0.05, 0.1) is 22.0 Å². The van der Waals surface area contributed by atoms with Crippen LogP contribution in [0.1, 0.15) is 33.7 Å². The van der Waals surface area contributed by atoms with Crippen molar-refractivity contribution in [3.63, 3.8) is 0 Å². The van der Waals surface area contributed by atoms with Crippen molar-refractivity contribution >= 4 is 39.0 Å². The Morgan fingerprint density at radius 2 is 1.93 bits per heavy atom. The maximum atomic E-state index is 10.1. The van der Waals surface area contributed by atoms with Crippen molar-refractivity contribution in [2.45, 2.75) is 18.8 Å². The molecule has 0 saturated heterocycles. The summed E-state index contributed by atoms with van der Waals surface area (Å²) in [7, 11) is 0. The fourth-order valence-corrected chi connectivity index (χ4v) is 4.44. The molecule has 0 aliphatic rings. The second-order valence-electron chi connectivity index (χ2n) is 6.20. The SMILES string of the molecule is Cc1noc(N)c1C(c1ccc(Cl)cc1)C(C#N)c1nc2ccccc2s1. The Hall–Kier alpha value is -2.88. The van der Waals surface area contributed by atoms with Crippen molar-refractivity contribution in [1.29, 1.82) is 5.26 Å². The summed E-state index contributed by atoms with van der Waals surface area (Å²) in [6.45, 7) is 1.82. The van der Waals surface area contributed by atoms with Crippen LogP contribution in [0.25, 0.3) is 10.2 Å². The first-order valence-electron chi connectivity index (χ1n) is 8.30. The first-order chi connectivity index (χ1) is 13.1. The maximum Gasteiger partial charge on any atom is 0.226 e. The predicted octanol–water partition coefficient (Wildman–Crippen LogP) is 5.27. The van der Waals surface area contributed by atoms with Gasteiger partial charge in [0.1, 0.15) is 10.9 Å². The lowest BCUT2D eigenvalue weighted by molar-refractivity contribution is 0.430. The number of thiazole rings is 1. The predicted molar refractivity (Wildman–Crippen MR) is 107 cm³/mol. The van der Waals surface area contributed by atoms with Gasteiger partial charge in [0.15, 0.2) is 0 Å². The number of rotatable bonds is 4. The Labute approximate surface area is 165 Å². The normalized spacial score (nSPS) is 13.4. The van der Waals surface area contributed by atoms with Crippen LogP contribution < -0.4 is 5.73 Å². The molecule has 0 spiro atoms. The Balaban J connectivity index is 1.90. The lowest BCUT2D eigenvalue weighted by Gasteiger charge is -2.21. The molecule has 4 aromatic rings. The molecule has 2 N–H and O–H groups in total. The van der Waals surface area contributed by atoms with E-state index in [4.69, 9.17) is 26.8 Å². The van der Waals surface area contributed by atoms with Crippen LogP contribution in [0.2, 0.25) is 5.02 Å². The van der Waals surface area contributed by atoms with Crippen LogP contribution in [0.15, 0.2) is 53.1 Å². The Morgan fingerprint density at radius 3 is 2.56 bits per heavy atom. The van der Waals surface area contributed by atoms with Crippen molar-refractivity contribution in [3.05, 3.63) is 75.4 Å². The topological polar surface area (TPSA) is 88.7 Å². The molecule has 134 valence electrons. The molecule has 0 amide bonds. The van der Waals surface area contributed by atoms with Gasteiger partial charge in [-0.25, -0.2) is 4.98 Å². The molecule has 7 heteroatoms. The van der Waals surface area contributed by atoms with Gasteiger partial charge in [-0.2, -0.15) is 5.26 Å². The van der Waals surface area contributed by atoms with Crippen LogP contribution in [0.3, 0.4) is 0 Å². The smallest absolute Gasteiger partial charge is 0.226 e. The number of hydrogen-bond donors (Lipinski definition) is 1. The second kappa shape index (κ2) is 7.03. The van der Waals surface area contributed by atoms with Crippen molar-refractivity contribution in [2.75, 3.05) is 5.73 Å². The number of nitrogens with two attached hydrogens (primary N) is 1. The van der Waals surface area contributed by atoms with Gasteiger partial charge >= 0.3 is 0 Å². The molecule has 0 saturated carbocycles. The van der Waals surface area contributed by atoms with Crippen LogP contribution in [0.5, 0.6) is 0 Å². The molecule has 2 atom stereocenters. The minimum atomic E-state index is -0.538. The standard InChI is InChI=1S/C20H15ClN4OS/c1-11-17(19(23)26-25-11)18(12-6-8-13(21)9-7-12)14(10-22)20-24-15-4-2-3-5-16(15)27-20/h2-9,14,18H,23H2,1H3. The summed E-state index contributed by atoms with van der Waals surface area (Å²) in [6.07, 6.45) is 0. The third-order valence-corrected chi connectivity index (χ3v) is 5.90. The Kier molecular flexibility index (Phi) is 4.56.